The zero-order valence-corrected chi connectivity index (χ0v) is 14.6. The highest BCUT2D eigenvalue weighted by atomic mass is 32.2. The molecule has 1 aromatic heterocycles. The van der Waals surface area contributed by atoms with Crippen LogP contribution in [-0.4, -0.2) is 48.5 Å². The van der Waals surface area contributed by atoms with Crippen LogP contribution in [0, 0.1) is 0 Å². The fraction of sp³-hybridized carbons (Fsp3) is 0.562. The van der Waals surface area contributed by atoms with E-state index < -0.39 is 16.1 Å². The second-order valence-corrected chi connectivity index (χ2v) is 7.80. The number of aromatic nitrogens is 1. The van der Waals surface area contributed by atoms with E-state index in [4.69, 9.17) is 0 Å². The smallest absolute Gasteiger partial charge is 0.245 e. The summed E-state index contributed by atoms with van der Waals surface area (Å²) in [4.78, 5) is 28.1. The Morgan fingerprint density at radius 3 is 2.92 bits per heavy atom. The lowest BCUT2D eigenvalue weighted by atomic mass is 10.1. The Bertz CT molecular complexity index is 676. The minimum Gasteiger partial charge on any atom is -0.346 e. The van der Waals surface area contributed by atoms with Crippen LogP contribution >= 0.6 is 0 Å². The van der Waals surface area contributed by atoms with Crippen molar-refractivity contribution in [3.63, 3.8) is 0 Å². The molecule has 0 bridgehead atoms. The molecule has 2 rings (SSSR count). The topological polar surface area (TPSA) is 96.4 Å². The van der Waals surface area contributed by atoms with Crippen molar-refractivity contribution in [1.82, 2.24) is 14.6 Å². The summed E-state index contributed by atoms with van der Waals surface area (Å²) in [7, 11) is -3.75. The summed E-state index contributed by atoms with van der Waals surface area (Å²) < 4.78 is 26.4. The number of unbranched alkanes of at least 4 members (excludes halogenated alkanes) is 1. The molecule has 24 heavy (non-hydrogen) atoms. The molecule has 1 saturated heterocycles. The number of pyridine rings is 1. The van der Waals surface area contributed by atoms with Crippen molar-refractivity contribution in [3.05, 3.63) is 24.5 Å². The van der Waals surface area contributed by atoms with Gasteiger partial charge < -0.3 is 5.32 Å². The van der Waals surface area contributed by atoms with E-state index in [-0.39, 0.29) is 29.7 Å². The number of hydrogen-bond acceptors (Lipinski definition) is 5. The second kappa shape index (κ2) is 8.34. The Labute approximate surface area is 142 Å². The predicted molar refractivity (Wildman–Crippen MR) is 88.7 cm³/mol. The monoisotopic (exact) mass is 353 g/mol. The molecular weight excluding hydrogens is 330 g/mol. The number of carbonyl (C=O) groups is 2. The van der Waals surface area contributed by atoms with E-state index in [0.717, 1.165) is 12.8 Å². The van der Waals surface area contributed by atoms with Crippen LogP contribution in [0.4, 0.5) is 0 Å². The van der Waals surface area contributed by atoms with Crippen LogP contribution in [0.5, 0.6) is 0 Å². The quantitative estimate of drug-likeness (QED) is 0.826. The van der Waals surface area contributed by atoms with E-state index in [9.17, 15) is 18.0 Å². The van der Waals surface area contributed by atoms with Crippen molar-refractivity contribution in [3.8, 4) is 0 Å². The number of carbonyl (C=O) groups excluding carboxylic acids is 2. The lowest BCUT2D eigenvalue weighted by Gasteiger charge is -2.19. The van der Waals surface area contributed by atoms with Gasteiger partial charge in [0.25, 0.3) is 0 Å². The predicted octanol–water partition coefficient (Wildman–Crippen LogP) is 1.11. The maximum atomic E-state index is 12.6. The van der Waals surface area contributed by atoms with Gasteiger partial charge in [-0.05, 0) is 31.4 Å². The number of amides is 1. The number of sulfonamides is 1. The van der Waals surface area contributed by atoms with Crippen molar-refractivity contribution in [2.24, 2.45) is 0 Å². The van der Waals surface area contributed by atoms with Gasteiger partial charge in [0.05, 0.1) is 12.6 Å². The Balaban J connectivity index is 2.05. The first kappa shape index (κ1) is 18.5. The Kier molecular flexibility index (Phi) is 6.44. The van der Waals surface area contributed by atoms with Gasteiger partial charge in [0.2, 0.25) is 15.9 Å². The fourth-order valence-corrected chi connectivity index (χ4v) is 4.02. The third kappa shape index (κ3) is 4.61. The molecule has 1 aromatic rings. The number of Topliss-reactive ketones (excluding diaryl/α,β-unsaturated/α-hetero) is 1. The highest BCUT2D eigenvalue weighted by molar-refractivity contribution is 7.89. The summed E-state index contributed by atoms with van der Waals surface area (Å²) in [5.41, 5.74) is 0. The number of nitrogens with one attached hydrogen (secondary N) is 1. The Hall–Kier alpha value is -1.80. The standard InChI is InChI=1S/C16H23N3O4S/c1-2-3-8-16(21)18-14-7-5-10-19(12-15(14)20)24(22,23)13-6-4-9-17-11-13/h4,6,9,11,14H,2-3,5,7-8,10,12H2,1H3,(H,18,21). The van der Waals surface area contributed by atoms with Crippen molar-refractivity contribution >= 4 is 21.7 Å². The summed E-state index contributed by atoms with van der Waals surface area (Å²) in [6.07, 6.45) is 5.80. The highest BCUT2D eigenvalue weighted by Crippen LogP contribution is 2.18. The van der Waals surface area contributed by atoms with Gasteiger partial charge in [-0.3, -0.25) is 14.6 Å². The van der Waals surface area contributed by atoms with Gasteiger partial charge in [0, 0.05) is 25.4 Å². The number of nitrogens with zero attached hydrogens (tertiary/aromatic N) is 2. The van der Waals surface area contributed by atoms with Crippen LogP contribution in [0.2, 0.25) is 0 Å². The fourth-order valence-electron chi connectivity index (χ4n) is 2.61. The first-order valence-corrected chi connectivity index (χ1v) is 9.61. The number of rotatable bonds is 6. The van der Waals surface area contributed by atoms with E-state index in [1.54, 1.807) is 6.07 Å². The van der Waals surface area contributed by atoms with E-state index >= 15 is 0 Å². The van der Waals surface area contributed by atoms with E-state index in [1.807, 2.05) is 6.92 Å². The van der Waals surface area contributed by atoms with Crippen LogP contribution in [0.3, 0.4) is 0 Å². The molecule has 0 aliphatic carbocycles. The molecule has 8 heteroatoms. The molecule has 0 saturated carbocycles. The lowest BCUT2D eigenvalue weighted by molar-refractivity contribution is -0.127. The van der Waals surface area contributed by atoms with Crippen molar-refractivity contribution < 1.29 is 18.0 Å². The molecule has 1 aliphatic heterocycles. The van der Waals surface area contributed by atoms with Gasteiger partial charge in [0.15, 0.2) is 5.78 Å². The second-order valence-electron chi connectivity index (χ2n) is 5.86. The van der Waals surface area contributed by atoms with Gasteiger partial charge in [-0.2, -0.15) is 4.31 Å². The van der Waals surface area contributed by atoms with Crippen molar-refractivity contribution in [2.45, 2.75) is 50.0 Å². The minimum absolute atomic E-state index is 0.0724. The average molecular weight is 353 g/mol. The zero-order valence-electron chi connectivity index (χ0n) is 13.8. The molecule has 1 atom stereocenters. The molecule has 1 N–H and O–H groups in total. The van der Waals surface area contributed by atoms with Crippen LogP contribution in [0.1, 0.15) is 39.0 Å². The molecule has 1 unspecified atom stereocenters. The zero-order chi connectivity index (χ0) is 17.6. The third-order valence-electron chi connectivity index (χ3n) is 3.99. The maximum absolute atomic E-state index is 12.6. The molecule has 1 aliphatic rings. The number of ketones is 1. The molecular formula is C16H23N3O4S. The molecule has 0 spiro atoms. The van der Waals surface area contributed by atoms with Crippen LogP contribution in [-0.2, 0) is 19.6 Å². The van der Waals surface area contributed by atoms with Gasteiger partial charge in [-0.15, -0.1) is 0 Å². The Morgan fingerprint density at radius 1 is 1.46 bits per heavy atom. The van der Waals surface area contributed by atoms with Gasteiger partial charge in [-0.25, -0.2) is 8.42 Å². The van der Waals surface area contributed by atoms with E-state index in [2.05, 4.69) is 10.3 Å². The number of hydrogen-bond donors (Lipinski definition) is 1. The average Bonchev–Trinajstić information content (AvgIpc) is 2.76. The highest BCUT2D eigenvalue weighted by Gasteiger charge is 2.32. The van der Waals surface area contributed by atoms with E-state index in [1.165, 1.54) is 22.8 Å². The molecule has 7 nitrogen and oxygen atoms in total. The molecule has 0 aromatic carbocycles. The molecule has 2 heterocycles. The van der Waals surface area contributed by atoms with Crippen molar-refractivity contribution in [2.75, 3.05) is 13.1 Å². The summed E-state index contributed by atoms with van der Waals surface area (Å²) in [5, 5.41) is 2.73. The molecule has 1 fully saturated rings. The summed E-state index contributed by atoms with van der Waals surface area (Å²) in [5.74, 6) is -0.427. The van der Waals surface area contributed by atoms with Crippen LogP contribution in [0.15, 0.2) is 29.4 Å². The summed E-state index contributed by atoms with van der Waals surface area (Å²) >= 11 is 0. The summed E-state index contributed by atoms with van der Waals surface area (Å²) in [6.45, 7) is 2.02. The minimum atomic E-state index is -3.75. The van der Waals surface area contributed by atoms with Gasteiger partial charge in [0.1, 0.15) is 4.90 Å². The first-order valence-electron chi connectivity index (χ1n) is 8.17. The first-order chi connectivity index (χ1) is 11.4. The van der Waals surface area contributed by atoms with Crippen molar-refractivity contribution in [1.29, 1.82) is 0 Å². The SMILES string of the molecule is CCCCC(=O)NC1CCCN(S(=O)(=O)c2cccnc2)CC1=O. The maximum Gasteiger partial charge on any atom is 0.245 e. The molecule has 1 amide bonds. The largest absolute Gasteiger partial charge is 0.346 e. The third-order valence-corrected chi connectivity index (χ3v) is 5.81. The van der Waals surface area contributed by atoms with Gasteiger partial charge in [-0.1, -0.05) is 13.3 Å². The Morgan fingerprint density at radius 2 is 2.25 bits per heavy atom. The van der Waals surface area contributed by atoms with Crippen LogP contribution in [0.25, 0.3) is 0 Å². The van der Waals surface area contributed by atoms with Crippen LogP contribution < -0.4 is 5.32 Å². The van der Waals surface area contributed by atoms with E-state index in [0.29, 0.717) is 19.3 Å². The van der Waals surface area contributed by atoms with Gasteiger partial charge >= 0.3 is 0 Å². The molecule has 0 radical (unpaired) electrons. The summed E-state index contributed by atoms with van der Waals surface area (Å²) in [6, 6.07) is 2.40. The lowest BCUT2D eigenvalue weighted by Crippen LogP contribution is -2.44. The normalized spacial score (nSPS) is 19.7. The molecule has 132 valence electrons.